The zero-order valence-corrected chi connectivity index (χ0v) is 12.1. The lowest BCUT2D eigenvalue weighted by Gasteiger charge is -2.34. The second kappa shape index (κ2) is 5.74. The van der Waals surface area contributed by atoms with Crippen LogP contribution in [0.1, 0.15) is 29.5 Å². The molecule has 0 saturated heterocycles. The molecule has 1 aliphatic carbocycles. The Balaban J connectivity index is 1.87. The molecule has 19 heavy (non-hydrogen) atoms. The van der Waals surface area contributed by atoms with Crippen LogP contribution in [0.25, 0.3) is 0 Å². The maximum atomic E-state index is 12.1. The summed E-state index contributed by atoms with van der Waals surface area (Å²) in [4.78, 5) is 14.0. The van der Waals surface area contributed by atoms with Crippen LogP contribution in [0, 0.1) is 19.8 Å². The van der Waals surface area contributed by atoms with Crippen LogP contribution >= 0.6 is 0 Å². The predicted molar refractivity (Wildman–Crippen MR) is 78.0 cm³/mol. The van der Waals surface area contributed by atoms with Crippen LogP contribution in [-0.2, 0) is 11.2 Å². The van der Waals surface area contributed by atoms with Gasteiger partial charge in [-0.25, -0.2) is 0 Å². The third kappa shape index (κ3) is 3.35. The third-order valence-corrected chi connectivity index (χ3v) is 4.12. The van der Waals surface area contributed by atoms with E-state index in [0.29, 0.717) is 0 Å². The summed E-state index contributed by atoms with van der Waals surface area (Å²) in [5, 5.41) is 0. The molecule has 3 heteroatoms. The van der Waals surface area contributed by atoms with Crippen LogP contribution in [0.4, 0.5) is 0 Å². The van der Waals surface area contributed by atoms with E-state index in [9.17, 15) is 4.79 Å². The average Bonchev–Trinajstić information content (AvgIpc) is 2.35. The van der Waals surface area contributed by atoms with Crippen LogP contribution in [0.15, 0.2) is 18.2 Å². The number of likely N-dealkylation sites (N-methyl/N-ethyl adjacent to an activating group) is 1. The van der Waals surface area contributed by atoms with Crippen LogP contribution in [0.3, 0.4) is 0 Å². The number of hydrogen-bond acceptors (Lipinski definition) is 2. The van der Waals surface area contributed by atoms with E-state index in [2.05, 4.69) is 32.0 Å². The van der Waals surface area contributed by atoms with Gasteiger partial charge in [-0.2, -0.15) is 0 Å². The molecule has 104 valence electrons. The van der Waals surface area contributed by atoms with Crippen molar-refractivity contribution in [2.45, 2.75) is 39.2 Å². The summed E-state index contributed by atoms with van der Waals surface area (Å²) in [6, 6.07) is 6.73. The van der Waals surface area contributed by atoms with Crippen molar-refractivity contribution >= 4 is 5.91 Å². The molecule has 1 amide bonds. The largest absolute Gasteiger partial charge is 0.345 e. The summed E-state index contributed by atoms with van der Waals surface area (Å²) in [6.07, 6.45) is 2.63. The van der Waals surface area contributed by atoms with E-state index in [-0.39, 0.29) is 17.9 Å². The number of hydrogen-bond donors (Lipinski definition) is 1. The van der Waals surface area contributed by atoms with E-state index in [4.69, 9.17) is 5.73 Å². The lowest BCUT2D eigenvalue weighted by Crippen LogP contribution is -2.46. The fraction of sp³-hybridized carbons (Fsp3) is 0.562. The topological polar surface area (TPSA) is 46.3 Å². The fourth-order valence-corrected chi connectivity index (χ4v) is 2.64. The Morgan fingerprint density at radius 1 is 1.37 bits per heavy atom. The number of carbonyl (C=O) groups excluding carboxylic acids is 1. The first-order chi connectivity index (χ1) is 8.97. The van der Waals surface area contributed by atoms with Gasteiger partial charge < -0.3 is 10.6 Å². The second-order valence-corrected chi connectivity index (χ2v) is 5.87. The number of nitrogens with two attached hydrogens (primary N) is 1. The molecule has 1 aliphatic rings. The Labute approximate surface area is 115 Å². The average molecular weight is 260 g/mol. The zero-order chi connectivity index (χ0) is 14.0. The van der Waals surface area contributed by atoms with Gasteiger partial charge in [-0.05, 0) is 44.2 Å². The number of carbonyl (C=O) groups is 1. The molecule has 2 rings (SSSR count). The van der Waals surface area contributed by atoms with Gasteiger partial charge in [-0.3, -0.25) is 4.79 Å². The summed E-state index contributed by atoms with van der Waals surface area (Å²) < 4.78 is 0. The summed E-state index contributed by atoms with van der Waals surface area (Å²) in [5.74, 6) is 0.422. The molecular formula is C16H24N2O. The summed E-state index contributed by atoms with van der Waals surface area (Å²) >= 11 is 0. The summed E-state index contributed by atoms with van der Waals surface area (Å²) in [5.41, 5.74) is 9.66. The van der Waals surface area contributed by atoms with Crippen molar-refractivity contribution in [2.24, 2.45) is 11.7 Å². The quantitative estimate of drug-likeness (QED) is 0.900. The predicted octanol–water partition coefficient (Wildman–Crippen LogP) is 2.04. The van der Waals surface area contributed by atoms with Crippen molar-refractivity contribution in [1.82, 2.24) is 4.90 Å². The maximum Gasteiger partial charge on any atom is 0.225 e. The van der Waals surface area contributed by atoms with Crippen molar-refractivity contribution in [3.63, 3.8) is 0 Å². The number of amides is 1. The molecule has 0 heterocycles. The Bertz CT molecular complexity index is 464. The second-order valence-electron chi connectivity index (χ2n) is 5.87. The lowest BCUT2D eigenvalue weighted by atomic mass is 9.80. The maximum absolute atomic E-state index is 12.1. The standard InChI is InChI=1S/C16H24N2O/c1-11-4-5-12(2)13(8-11)6-7-18(3)16(19)14-9-15(17)10-14/h4-5,8,14-15H,6-7,9-10,17H2,1-3H3. The monoisotopic (exact) mass is 260 g/mol. The Morgan fingerprint density at radius 3 is 2.68 bits per heavy atom. The highest BCUT2D eigenvalue weighted by Crippen LogP contribution is 2.27. The SMILES string of the molecule is Cc1ccc(C)c(CCN(C)C(=O)C2CC(N)C2)c1. The van der Waals surface area contributed by atoms with Crippen molar-refractivity contribution in [3.8, 4) is 0 Å². The minimum absolute atomic E-state index is 0.165. The number of rotatable bonds is 4. The zero-order valence-electron chi connectivity index (χ0n) is 12.1. The molecular weight excluding hydrogens is 236 g/mol. The van der Waals surface area contributed by atoms with Crippen molar-refractivity contribution in [1.29, 1.82) is 0 Å². The van der Waals surface area contributed by atoms with Gasteiger partial charge >= 0.3 is 0 Å². The molecule has 0 radical (unpaired) electrons. The van der Waals surface area contributed by atoms with E-state index in [1.807, 2.05) is 11.9 Å². The van der Waals surface area contributed by atoms with Gasteiger partial charge in [-0.1, -0.05) is 23.8 Å². The molecule has 1 fully saturated rings. The van der Waals surface area contributed by atoms with E-state index in [1.54, 1.807) is 0 Å². The smallest absolute Gasteiger partial charge is 0.225 e. The summed E-state index contributed by atoms with van der Waals surface area (Å²) in [7, 11) is 1.90. The van der Waals surface area contributed by atoms with E-state index in [0.717, 1.165) is 25.8 Å². The number of nitrogens with zero attached hydrogens (tertiary/aromatic N) is 1. The Morgan fingerprint density at radius 2 is 2.05 bits per heavy atom. The highest BCUT2D eigenvalue weighted by atomic mass is 16.2. The highest BCUT2D eigenvalue weighted by molar-refractivity contribution is 5.79. The Kier molecular flexibility index (Phi) is 4.25. The van der Waals surface area contributed by atoms with Gasteiger partial charge in [0.05, 0.1) is 0 Å². The fourth-order valence-electron chi connectivity index (χ4n) is 2.64. The molecule has 0 unspecified atom stereocenters. The first-order valence-corrected chi connectivity index (χ1v) is 7.04. The molecule has 1 aromatic rings. The van der Waals surface area contributed by atoms with Crippen molar-refractivity contribution in [3.05, 3.63) is 34.9 Å². The molecule has 0 aromatic heterocycles. The molecule has 1 aromatic carbocycles. The van der Waals surface area contributed by atoms with Crippen LogP contribution in [0.2, 0.25) is 0 Å². The first-order valence-electron chi connectivity index (χ1n) is 7.04. The van der Waals surface area contributed by atoms with Crippen LogP contribution < -0.4 is 5.73 Å². The van der Waals surface area contributed by atoms with Gasteiger partial charge in [0, 0.05) is 25.6 Å². The van der Waals surface area contributed by atoms with Crippen molar-refractivity contribution < 1.29 is 4.79 Å². The minimum atomic E-state index is 0.165. The third-order valence-electron chi connectivity index (χ3n) is 4.12. The van der Waals surface area contributed by atoms with Gasteiger partial charge in [-0.15, -0.1) is 0 Å². The normalized spacial score (nSPS) is 21.9. The molecule has 0 spiro atoms. The minimum Gasteiger partial charge on any atom is -0.345 e. The Hall–Kier alpha value is -1.35. The van der Waals surface area contributed by atoms with Crippen LogP contribution in [-0.4, -0.2) is 30.4 Å². The van der Waals surface area contributed by atoms with E-state index in [1.165, 1.54) is 16.7 Å². The van der Waals surface area contributed by atoms with Gasteiger partial charge in [0.15, 0.2) is 0 Å². The summed E-state index contributed by atoms with van der Waals surface area (Å²) in [6.45, 7) is 5.02. The van der Waals surface area contributed by atoms with Crippen molar-refractivity contribution in [2.75, 3.05) is 13.6 Å². The molecule has 2 N–H and O–H groups in total. The van der Waals surface area contributed by atoms with Gasteiger partial charge in [0.1, 0.15) is 0 Å². The highest BCUT2D eigenvalue weighted by Gasteiger charge is 2.33. The molecule has 3 nitrogen and oxygen atoms in total. The van der Waals surface area contributed by atoms with Crippen LogP contribution in [0.5, 0.6) is 0 Å². The number of benzene rings is 1. The van der Waals surface area contributed by atoms with Gasteiger partial charge in [0.25, 0.3) is 0 Å². The lowest BCUT2D eigenvalue weighted by molar-refractivity contribution is -0.137. The molecule has 1 saturated carbocycles. The van der Waals surface area contributed by atoms with E-state index >= 15 is 0 Å². The van der Waals surface area contributed by atoms with Gasteiger partial charge in [0.2, 0.25) is 5.91 Å². The first kappa shape index (κ1) is 14.1. The molecule has 0 bridgehead atoms. The molecule has 0 aliphatic heterocycles. The molecule has 0 atom stereocenters. The van der Waals surface area contributed by atoms with E-state index < -0.39 is 0 Å². The number of aryl methyl sites for hydroxylation is 2.